The number of carbonyl (C=O) groups is 1. The van der Waals surface area contributed by atoms with Gasteiger partial charge in [0.2, 0.25) is 5.28 Å². The number of anilines is 1. The van der Waals surface area contributed by atoms with Crippen LogP contribution in [0.5, 0.6) is 0 Å². The number of hydrogen-bond acceptors (Lipinski definition) is 5. The number of aryl methyl sites for hydroxylation is 1. The van der Waals surface area contributed by atoms with Crippen LogP contribution >= 0.6 is 22.9 Å². The lowest BCUT2D eigenvalue weighted by Crippen LogP contribution is -2.26. The molecule has 0 fully saturated rings. The number of benzene rings is 1. The Balaban J connectivity index is 2.20. The van der Waals surface area contributed by atoms with E-state index in [2.05, 4.69) is 9.97 Å². The van der Waals surface area contributed by atoms with Gasteiger partial charge in [0.25, 0.3) is 0 Å². The molecule has 1 aromatic carbocycles. The first-order valence-corrected chi connectivity index (χ1v) is 8.16. The van der Waals surface area contributed by atoms with E-state index in [9.17, 15) is 4.79 Å². The van der Waals surface area contributed by atoms with Crippen molar-refractivity contribution in [1.82, 2.24) is 9.97 Å². The van der Waals surface area contributed by atoms with Crippen LogP contribution in [0.25, 0.3) is 21.3 Å². The Hall–Kier alpha value is -2.18. The average molecular weight is 348 g/mol. The molecular formula is C16H14ClN3O2S. The summed E-state index contributed by atoms with van der Waals surface area (Å²) in [6, 6.07) is 8.14. The minimum absolute atomic E-state index is 0.113. The Bertz CT molecular complexity index is 877. The molecule has 118 valence electrons. The lowest BCUT2D eigenvalue weighted by atomic mass is 10.0. The zero-order valence-electron chi connectivity index (χ0n) is 12.6. The summed E-state index contributed by atoms with van der Waals surface area (Å²) in [7, 11) is 1.68. The number of carboxylic acids is 1. The van der Waals surface area contributed by atoms with Crippen molar-refractivity contribution in [3.8, 4) is 11.1 Å². The van der Waals surface area contributed by atoms with Gasteiger partial charge in [0.1, 0.15) is 17.2 Å². The molecule has 2 aromatic heterocycles. The molecule has 0 bridgehead atoms. The molecule has 0 aliphatic carbocycles. The highest BCUT2D eigenvalue weighted by atomic mass is 35.5. The topological polar surface area (TPSA) is 66.3 Å². The Labute approximate surface area is 142 Å². The molecule has 3 rings (SSSR count). The van der Waals surface area contributed by atoms with E-state index in [-0.39, 0.29) is 11.8 Å². The number of likely N-dealkylation sites (N-methyl/N-ethyl adjacent to an activating group) is 1. The predicted molar refractivity (Wildman–Crippen MR) is 93.5 cm³/mol. The van der Waals surface area contributed by atoms with Crippen LogP contribution in [0.4, 0.5) is 5.82 Å². The SMILES string of the molecule is Cc1ccc(-c2csc3nc(Cl)nc(N(C)CC(=O)O)c23)cc1. The first kappa shape index (κ1) is 15.7. The van der Waals surface area contributed by atoms with E-state index in [1.165, 1.54) is 16.9 Å². The number of fused-ring (bicyclic) bond motifs is 1. The van der Waals surface area contributed by atoms with Crippen LogP contribution in [-0.2, 0) is 4.79 Å². The standard InChI is InChI=1S/C16H14ClN3O2S/c1-9-3-5-10(6-4-9)11-8-23-15-13(11)14(18-16(17)19-15)20(2)7-12(21)22/h3-6,8H,7H2,1-2H3,(H,21,22). The molecule has 0 amide bonds. The Kier molecular flexibility index (Phi) is 4.19. The van der Waals surface area contributed by atoms with Gasteiger partial charge in [-0.1, -0.05) is 29.8 Å². The zero-order chi connectivity index (χ0) is 16.6. The lowest BCUT2D eigenvalue weighted by Gasteiger charge is -2.17. The maximum absolute atomic E-state index is 11.0. The monoisotopic (exact) mass is 347 g/mol. The number of carboxylic acid groups (broad SMARTS) is 1. The van der Waals surface area contributed by atoms with E-state index in [1.54, 1.807) is 11.9 Å². The van der Waals surface area contributed by atoms with E-state index in [0.717, 1.165) is 21.3 Å². The average Bonchev–Trinajstić information content (AvgIpc) is 2.90. The second-order valence-corrected chi connectivity index (χ2v) is 6.46. The van der Waals surface area contributed by atoms with Crippen molar-refractivity contribution in [2.75, 3.05) is 18.5 Å². The number of rotatable bonds is 4. The molecule has 0 radical (unpaired) electrons. The van der Waals surface area contributed by atoms with Gasteiger partial charge in [-0.25, -0.2) is 4.98 Å². The number of hydrogen-bond donors (Lipinski definition) is 1. The third kappa shape index (κ3) is 3.13. The zero-order valence-corrected chi connectivity index (χ0v) is 14.1. The summed E-state index contributed by atoms with van der Waals surface area (Å²) in [6.45, 7) is 1.87. The number of thiophene rings is 1. The maximum atomic E-state index is 11.0. The highest BCUT2D eigenvalue weighted by Crippen LogP contribution is 2.38. The fraction of sp³-hybridized carbons (Fsp3) is 0.188. The second-order valence-electron chi connectivity index (χ2n) is 5.26. The molecule has 0 aliphatic rings. The second kappa shape index (κ2) is 6.14. The Morgan fingerprint density at radius 2 is 2.00 bits per heavy atom. The summed E-state index contributed by atoms with van der Waals surface area (Å²) in [5.74, 6) is -0.401. The minimum Gasteiger partial charge on any atom is -0.480 e. The smallest absolute Gasteiger partial charge is 0.323 e. The largest absolute Gasteiger partial charge is 0.480 e. The molecule has 2 heterocycles. The van der Waals surface area contributed by atoms with Crippen molar-refractivity contribution in [3.05, 3.63) is 40.5 Å². The van der Waals surface area contributed by atoms with Crippen molar-refractivity contribution in [2.45, 2.75) is 6.92 Å². The number of nitrogens with zero attached hydrogens (tertiary/aromatic N) is 3. The fourth-order valence-corrected chi connectivity index (χ4v) is 3.55. The van der Waals surface area contributed by atoms with Gasteiger partial charge in [0, 0.05) is 18.0 Å². The van der Waals surface area contributed by atoms with Crippen molar-refractivity contribution < 1.29 is 9.90 Å². The van der Waals surface area contributed by atoms with Gasteiger partial charge in [-0.05, 0) is 24.1 Å². The van der Waals surface area contributed by atoms with Crippen LogP contribution in [-0.4, -0.2) is 34.6 Å². The van der Waals surface area contributed by atoms with Crippen molar-refractivity contribution in [1.29, 1.82) is 0 Å². The third-order valence-corrected chi connectivity index (χ3v) is 4.53. The van der Waals surface area contributed by atoms with E-state index in [0.29, 0.717) is 5.82 Å². The Morgan fingerprint density at radius 3 is 2.65 bits per heavy atom. The van der Waals surface area contributed by atoms with Crippen LogP contribution in [0.15, 0.2) is 29.6 Å². The Morgan fingerprint density at radius 1 is 1.30 bits per heavy atom. The van der Waals surface area contributed by atoms with Crippen molar-refractivity contribution in [2.24, 2.45) is 0 Å². The predicted octanol–water partition coefficient (Wildman–Crippen LogP) is 3.84. The van der Waals surface area contributed by atoms with Gasteiger partial charge in [-0.15, -0.1) is 11.3 Å². The molecule has 0 spiro atoms. The molecule has 1 N–H and O–H groups in total. The molecule has 0 saturated carbocycles. The van der Waals surface area contributed by atoms with Crippen molar-refractivity contribution in [3.63, 3.8) is 0 Å². The van der Waals surface area contributed by atoms with Crippen LogP contribution in [0, 0.1) is 6.92 Å². The van der Waals surface area contributed by atoms with Crippen LogP contribution < -0.4 is 4.90 Å². The molecule has 0 aliphatic heterocycles. The summed E-state index contributed by atoms with van der Waals surface area (Å²) >= 11 is 7.46. The molecule has 5 nitrogen and oxygen atoms in total. The first-order chi connectivity index (χ1) is 11.0. The normalized spacial score (nSPS) is 10.9. The van der Waals surface area contributed by atoms with E-state index in [4.69, 9.17) is 16.7 Å². The summed E-state index contributed by atoms with van der Waals surface area (Å²) < 4.78 is 0. The van der Waals surface area contributed by atoms with Crippen molar-refractivity contribution >= 4 is 44.9 Å². The molecule has 0 unspecified atom stereocenters. The molecule has 3 aromatic rings. The fourth-order valence-electron chi connectivity index (χ4n) is 2.40. The summed E-state index contributed by atoms with van der Waals surface area (Å²) in [5.41, 5.74) is 3.20. The van der Waals surface area contributed by atoms with Crippen LogP contribution in [0.3, 0.4) is 0 Å². The summed E-state index contributed by atoms with van der Waals surface area (Å²) in [5, 5.41) is 12.0. The van der Waals surface area contributed by atoms with E-state index < -0.39 is 5.97 Å². The van der Waals surface area contributed by atoms with Gasteiger partial charge in [0.15, 0.2) is 0 Å². The van der Waals surface area contributed by atoms with Gasteiger partial charge < -0.3 is 10.0 Å². The van der Waals surface area contributed by atoms with E-state index >= 15 is 0 Å². The van der Waals surface area contributed by atoms with Gasteiger partial charge >= 0.3 is 5.97 Å². The quantitative estimate of drug-likeness (QED) is 0.726. The van der Waals surface area contributed by atoms with Gasteiger partial charge in [-0.2, -0.15) is 4.98 Å². The molecule has 0 atom stereocenters. The number of aromatic nitrogens is 2. The summed E-state index contributed by atoms with van der Waals surface area (Å²) in [4.78, 5) is 21.8. The minimum atomic E-state index is -0.928. The highest BCUT2D eigenvalue weighted by molar-refractivity contribution is 7.17. The molecule has 0 saturated heterocycles. The van der Waals surface area contributed by atoms with Gasteiger partial charge in [0.05, 0.1) is 5.39 Å². The van der Waals surface area contributed by atoms with Crippen LogP contribution in [0.2, 0.25) is 5.28 Å². The van der Waals surface area contributed by atoms with Crippen LogP contribution in [0.1, 0.15) is 5.56 Å². The van der Waals surface area contributed by atoms with Gasteiger partial charge in [-0.3, -0.25) is 4.79 Å². The van der Waals surface area contributed by atoms with E-state index in [1.807, 2.05) is 36.6 Å². The number of halogens is 1. The molecular weight excluding hydrogens is 334 g/mol. The third-order valence-electron chi connectivity index (χ3n) is 3.48. The number of aliphatic carboxylic acids is 1. The first-order valence-electron chi connectivity index (χ1n) is 6.90. The summed E-state index contributed by atoms with van der Waals surface area (Å²) in [6.07, 6.45) is 0. The highest BCUT2D eigenvalue weighted by Gasteiger charge is 2.18. The maximum Gasteiger partial charge on any atom is 0.323 e. The lowest BCUT2D eigenvalue weighted by molar-refractivity contribution is -0.135. The molecule has 7 heteroatoms. The molecule has 23 heavy (non-hydrogen) atoms.